The van der Waals surface area contributed by atoms with Crippen molar-refractivity contribution in [2.24, 2.45) is 10.9 Å². The average molecular weight is 361 g/mol. The molecule has 0 atom stereocenters. The number of likely N-dealkylation sites (N-methyl/N-ethyl adjacent to an activating group) is 1. The molecule has 0 aliphatic heterocycles. The van der Waals surface area contributed by atoms with Crippen LogP contribution in [-0.4, -0.2) is 56.7 Å². The van der Waals surface area contributed by atoms with Crippen LogP contribution in [0.3, 0.4) is 0 Å². The first kappa shape index (κ1) is 20.2. The molecule has 1 saturated carbocycles. The van der Waals surface area contributed by atoms with Gasteiger partial charge in [0.25, 0.3) is 0 Å². The predicted octanol–water partition coefficient (Wildman–Crippen LogP) is 2.02. The standard InChI is InChI=1S/C20H32N4O2/c1-3-21-20(24(2)13-14-26-16-18-9-10-18)22-12-11-19(25)23-15-17-7-5-4-6-8-17/h4-8,18H,3,9-16H2,1-2H3,(H,21,22)(H,23,25). The summed E-state index contributed by atoms with van der Waals surface area (Å²) in [6.07, 6.45) is 3.01. The van der Waals surface area contributed by atoms with E-state index in [1.807, 2.05) is 44.3 Å². The smallest absolute Gasteiger partial charge is 0.222 e. The third-order valence-electron chi connectivity index (χ3n) is 4.25. The first-order chi connectivity index (χ1) is 12.7. The fraction of sp³-hybridized carbons (Fsp3) is 0.600. The predicted molar refractivity (Wildman–Crippen MR) is 105 cm³/mol. The molecular weight excluding hydrogens is 328 g/mol. The van der Waals surface area contributed by atoms with Gasteiger partial charge >= 0.3 is 0 Å². The van der Waals surface area contributed by atoms with Crippen LogP contribution in [0.25, 0.3) is 0 Å². The van der Waals surface area contributed by atoms with Gasteiger partial charge < -0.3 is 20.3 Å². The fourth-order valence-corrected chi connectivity index (χ4v) is 2.46. The number of nitrogens with zero attached hydrogens (tertiary/aromatic N) is 2. The zero-order chi connectivity index (χ0) is 18.6. The maximum absolute atomic E-state index is 12.0. The summed E-state index contributed by atoms with van der Waals surface area (Å²) < 4.78 is 5.68. The zero-order valence-electron chi connectivity index (χ0n) is 16.0. The Kier molecular flexibility index (Phi) is 8.96. The Morgan fingerprint density at radius 1 is 1.27 bits per heavy atom. The number of amides is 1. The summed E-state index contributed by atoms with van der Waals surface area (Å²) in [6, 6.07) is 9.91. The van der Waals surface area contributed by atoms with Crippen molar-refractivity contribution < 1.29 is 9.53 Å². The van der Waals surface area contributed by atoms with E-state index >= 15 is 0 Å². The van der Waals surface area contributed by atoms with Gasteiger partial charge in [-0.2, -0.15) is 0 Å². The van der Waals surface area contributed by atoms with Crippen LogP contribution in [0, 0.1) is 5.92 Å². The minimum atomic E-state index is 0.0175. The molecule has 1 aromatic rings. The summed E-state index contributed by atoms with van der Waals surface area (Å²) in [7, 11) is 2.00. The average Bonchev–Trinajstić information content (AvgIpc) is 3.48. The minimum Gasteiger partial charge on any atom is -0.379 e. The van der Waals surface area contributed by atoms with Crippen molar-refractivity contribution in [3.8, 4) is 0 Å². The van der Waals surface area contributed by atoms with E-state index in [2.05, 4.69) is 20.5 Å². The second-order valence-corrected chi connectivity index (χ2v) is 6.69. The molecule has 1 aliphatic carbocycles. The molecule has 2 N–H and O–H groups in total. The van der Waals surface area contributed by atoms with Gasteiger partial charge in [-0.05, 0) is 31.2 Å². The molecule has 0 radical (unpaired) electrons. The number of guanidine groups is 1. The van der Waals surface area contributed by atoms with Crippen LogP contribution >= 0.6 is 0 Å². The van der Waals surface area contributed by atoms with Gasteiger partial charge in [-0.25, -0.2) is 0 Å². The normalized spacial score (nSPS) is 14.2. The molecule has 26 heavy (non-hydrogen) atoms. The summed E-state index contributed by atoms with van der Waals surface area (Å²) in [5, 5.41) is 6.19. The van der Waals surface area contributed by atoms with E-state index in [9.17, 15) is 4.79 Å². The summed E-state index contributed by atoms with van der Waals surface area (Å²) >= 11 is 0. The lowest BCUT2D eigenvalue weighted by atomic mass is 10.2. The molecule has 0 aromatic heterocycles. The van der Waals surface area contributed by atoms with Crippen LogP contribution in [0.15, 0.2) is 35.3 Å². The molecule has 1 fully saturated rings. The van der Waals surface area contributed by atoms with Crippen molar-refractivity contribution >= 4 is 11.9 Å². The second kappa shape index (κ2) is 11.5. The Balaban J connectivity index is 1.66. The summed E-state index contributed by atoms with van der Waals surface area (Å²) in [6.45, 7) is 6.24. The van der Waals surface area contributed by atoms with Crippen LogP contribution in [0.4, 0.5) is 0 Å². The van der Waals surface area contributed by atoms with Crippen molar-refractivity contribution in [3.05, 3.63) is 35.9 Å². The van der Waals surface area contributed by atoms with Gasteiger partial charge in [-0.15, -0.1) is 0 Å². The van der Waals surface area contributed by atoms with Gasteiger partial charge in [0.05, 0.1) is 13.2 Å². The third kappa shape index (κ3) is 8.34. The molecule has 6 heteroatoms. The van der Waals surface area contributed by atoms with E-state index in [0.29, 0.717) is 26.1 Å². The van der Waals surface area contributed by atoms with E-state index in [1.54, 1.807) is 0 Å². The van der Waals surface area contributed by atoms with Crippen molar-refractivity contribution in [2.75, 3.05) is 39.9 Å². The number of aliphatic imine (C=N–C) groups is 1. The lowest BCUT2D eigenvalue weighted by molar-refractivity contribution is -0.121. The molecule has 1 aliphatic rings. The molecule has 0 saturated heterocycles. The first-order valence-electron chi connectivity index (χ1n) is 9.57. The SMILES string of the molecule is CCNC(=NCCC(=O)NCc1ccccc1)N(C)CCOCC1CC1. The Morgan fingerprint density at radius 2 is 2.04 bits per heavy atom. The quantitative estimate of drug-likeness (QED) is 0.360. The van der Waals surface area contributed by atoms with Crippen LogP contribution in [0.5, 0.6) is 0 Å². The van der Waals surface area contributed by atoms with Crippen molar-refractivity contribution in [3.63, 3.8) is 0 Å². The van der Waals surface area contributed by atoms with E-state index < -0.39 is 0 Å². The molecular formula is C20H32N4O2. The van der Waals surface area contributed by atoms with Crippen molar-refractivity contribution in [2.45, 2.75) is 32.7 Å². The highest BCUT2D eigenvalue weighted by Gasteiger charge is 2.21. The topological polar surface area (TPSA) is 66.0 Å². The van der Waals surface area contributed by atoms with Gasteiger partial charge in [-0.3, -0.25) is 9.79 Å². The second-order valence-electron chi connectivity index (χ2n) is 6.69. The largest absolute Gasteiger partial charge is 0.379 e. The zero-order valence-corrected chi connectivity index (χ0v) is 16.0. The Morgan fingerprint density at radius 3 is 2.73 bits per heavy atom. The van der Waals surface area contributed by atoms with Gasteiger partial charge in [-0.1, -0.05) is 30.3 Å². The van der Waals surface area contributed by atoms with E-state index in [-0.39, 0.29) is 5.91 Å². The number of ether oxygens (including phenoxy) is 1. The molecule has 0 unspecified atom stereocenters. The minimum absolute atomic E-state index is 0.0175. The lowest BCUT2D eigenvalue weighted by Gasteiger charge is -2.22. The van der Waals surface area contributed by atoms with E-state index in [4.69, 9.17) is 4.74 Å². The molecule has 0 heterocycles. The monoisotopic (exact) mass is 360 g/mol. The van der Waals surface area contributed by atoms with Crippen molar-refractivity contribution in [1.82, 2.24) is 15.5 Å². The third-order valence-corrected chi connectivity index (χ3v) is 4.25. The Bertz CT molecular complexity index is 558. The Labute approximate surface area is 157 Å². The molecule has 1 amide bonds. The van der Waals surface area contributed by atoms with Gasteiger partial charge in [0.1, 0.15) is 0 Å². The van der Waals surface area contributed by atoms with Gasteiger partial charge in [0.15, 0.2) is 5.96 Å². The number of rotatable bonds is 11. The highest BCUT2D eigenvalue weighted by molar-refractivity contribution is 5.80. The maximum atomic E-state index is 12.0. The summed E-state index contributed by atoms with van der Waals surface area (Å²) in [5.41, 5.74) is 1.10. The lowest BCUT2D eigenvalue weighted by Crippen LogP contribution is -2.40. The van der Waals surface area contributed by atoms with E-state index in [1.165, 1.54) is 12.8 Å². The molecule has 0 spiro atoms. The molecule has 144 valence electrons. The van der Waals surface area contributed by atoms with Crippen LogP contribution < -0.4 is 10.6 Å². The Hall–Kier alpha value is -2.08. The number of hydrogen-bond donors (Lipinski definition) is 2. The number of carbonyl (C=O) groups is 1. The molecule has 1 aromatic carbocycles. The number of nitrogens with one attached hydrogen (secondary N) is 2. The summed E-state index contributed by atoms with van der Waals surface area (Å²) in [5.74, 6) is 1.62. The van der Waals surface area contributed by atoms with Crippen LogP contribution in [0.1, 0.15) is 31.7 Å². The highest BCUT2D eigenvalue weighted by atomic mass is 16.5. The van der Waals surface area contributed by atoms with Crippen molar-refractivity contribution in [1.29, 1.82) is 0 Å². The molecule has 0 bridgehead atoms. The first-order valence-corrected chi connectivity index (χ1v) is 9.57. The number of carbonyl (C=O) groups excluding carboxylic acids is 1. The highest BCUT2D eigenvalue weighted by Crippen LogP contribution is 2.28. The van der Waals surface area contributed by atoms with E-state index in [0.717, 1.165) is 37.1 Å². The van der Waals surface area contributed by atoms with Crippen LogP contribution in [0.2, 0.25) is 0 Å². The number of benzene rings is 1. The number of hydrogen-bond acceptors (Lipinski definition) is 3. The van der Waals surface area contributed by atoms with Gasteiger partial charge in [0, 0.05) is 39.7 Å². The van der Waals surface area contributed by atoms with Gasteiger partial charge in [0.2, 0.25) is 5.91 Å². The maximum Gasteiger partial charge on any atom is 0.222 e. The molecule has 2 rings (SSSR count). The molecule has 6 nitrogen and oxygen atoms in total. The fourth-order valence-electron chi connectivity index (χ4n) is 2.46. The van der Waals surface area contributed by atoms with Crippen LogP contribution in [-0.2, 0) is 16.1 Å². The summed E-state index contributed by atoms with van der Waals surface area (Å²) in [4.78, 5) is 18.6.